The highest BCUT2D eigenvalue weighted by Gasteiger charge is 2.08. The van der Waals surface area contributed by atoms with E-state index in [1.807, 2.05) is 6.92 Å². The molecule has 1 rings (SSSR count). The number of rotatable bonds is 6. The van der Waals surface area contributed by atoms with Crippen LogP contribution in [-0.2, 0) is 9.53 Å². The molecule has 0 aromatic rings. The van der Waals surface area contributed by atoms with Crippen LogP contribution in [-0.4, -0.2) is 25.5 Å². The molecule has 3 nitrogen and oxygen atoms in total. The summed E-state index contributed by atoms with van der Waals surface area (Å²) in [6, 6.07) is 0. The molecule has 0 atom stereocenters. The second-order valence-electron chi connectivity index (χ2n) is 3.47. The molecule has 0 amide bonds. The van der Waals surface area contributed by atoms with Crippen molar-refractivity contribution in [3.8, 4) is 0 Å². The number of hydrogen-bond acceptors (Lipinski definition) is 3. The van der Waals surface area contributed by atoms with Crippen LogP contribution in [0.5, 0.6) is 0 Å². The molecule has 0 heterocycles. The first-order valence-corrected chi connectivity index (χ1v) is 5.38. The highest BCUT2D eigenvalue weighted by molar-refractivity contribution is 5.90. The van der Waals surface area contributed by atoms with Gasteiger partial charge >= 0.3 is 0 Å². The normalized spacial score (nSPS) is 16.6. The van der Waals surface area contributed by atoms with E-state index in [2.05, 4.69) is 5.32 Å². The lowest BCUT2D eigenvalue weighted by Crippen LogP contribution is -2.19. The molecule has 1 aliphatic carbocycles. The molecular weight excluding hydrogens is 178 g/mol. The molecule has 0 bridgehead atoms. The fraction of sp³-hybridized carbons (Fsp3) is 0.727. The van der Waals surface area contributed by atoms with Crippen LogP contribution in [0, 0.1) is 0 Å². The van der Waals surface area contributed by atoms with Gasteiger partial charge in [-0.05, 0) is 26.2 Å². The van der Waals surface area contributed by atoms with Crippen molar-refractivity contribution in [1.29, 1.82) is 0 Å². The zero-order valence-corrected chi connectivity index (χ0v) is 8.84. The summed E-state index contributed by atoms with van der Waals surface area (Å²) in [6.45, 7) is 4.47. The Morgan fingerprint density at radius 1 is 1.50 bits per heavy atom. The number of ether oxygens (including phenoxy) is 1. The molecule has 3 heteroatoms. The molecule has 80 valence electrons. The van der Waals surface area contributed by atoms with Gasteiger partial charge in [0.25, 0.3) is 0 Å². The highest BCUT2D eigenvalue weighted by atomic mass is 16.5. The SMILES string of the molecule is CCOCCCNC1=CC(=O)CCC1. The van der Waals surface area contributed by atoms with Crippen LogP contribution in [0.3, 0.4) is 0 Å². The van der Waals surface area contributed by atoms with Crippen molar-refractivity contribution in [3.63, 3.8) is 0 Å². The van der Waals surface area contributed by atoms with E-state index in [1.165, 1.54) is 0 Å². The lowest BCUT2D eigenvalue weighted by atomic mass is 10.0. The Morgan fingerprint density at radius 2 is 2.36 bits per heavy atom. The van der Waals surface area contributed by atoms with Crippen LogP contribution < -0.4 is 5.32 Å². The molecule has 0 aromatic heterocycles. The molecule has 1 aliphatic rings. The predicted octanol–water partition coefficient (Wildman–Crippen LogP) is 1.64. The topological polar surface area (TPSA) is 38.3 Å². The smallest absolute Gasteiger partial charge is 0.157 e. The second kappa shape index (κ2) is 6.60. The van der Waals surface area contributed by atoms with E-state index in [0.29, 0.717) is 6.42 Å². The number of nitrogens with one attached hydrogen (secondary N) is 1. The summed E-state index contributed by atoms with van der Waals surface area (Å²) in [5, 5.41) is 3.27. The van der Waals surface area contributed by atoms with Crippen molar-refractivity contribution in [2.75, 3.05) is 19.8 Å². The monoisotopic (exact) mass is 197 g/mol. The maximum Gasteiger partial charge on any atom is 0.157 e. The van der Waals surface area contributed by atoms with Crippen LogP contribution in [0.2, 0.25) is 0 Å². The van der Waals surface area contributed by atoms with Crippen molar-refractivity contribution in [3.05, 3.63) is 11.8 Å². The zero-order valence-electron chi connectivity index (χ0n) is 8.84. The van der Waals surface area contributed by atoms with Gasteiger partial charge in [0, 0.05) is 38.0 Å². The number of ketones is 1. The largest absolute Gasteiger partial charge is 0.388 e. The summed E-state index contributed by atoms with van der Waals surface area (Å²) in [7, 11) is 0. The first-order valence-electron chi connectivity index (χ1n) is 5.38. The van der Waals surface area contributed by atoms with E-state index >= 15 is 0 Å². The molecule has 0 aromatic carbocycles. The molecule has 0 saturated heterocycles. The van der Waals surface area contributed by atoms with E-state index in [1.54, 1.807) is 6.08 Å². The van der Waals surface area contributed by atoms with Gasteiger partial charge in [0.1, 0.15) is 0 Å². The van der Waals surface area contributed by atoms with E-state index in [-0.39, 0.29) is 5.78 Å². The van der Waals surface area contributed by atoms with E-state index < -0.39 is 0 Å². The quantitative estimate of drug-likeness (QED) is 0.658. The minimum atomic E-state index is 0.253. The maximum absolute atomic E-state index is 11.1. The zero-order chi connectivity index (χ0) is 10.2. The summed E-state index contributed by atoms with van der Waals surface area (Å²) in [4.78, 5) is 11.1. The van der Waals surface area contributed by atoms with Crippen molar-refractivity contribution in [1.82, 2.24) is 5.32 Å². The van der Waals surface area contributed by atoms with Crippen molar-refractivity contribution in [2.24, 2.45) is 0 Å². The van der Waals surface area contributed by atoms with Crippen LogP contribution >= 0.6 is 0 Å². The van der Waals surface area contributed by atoms with Gasteiger partial charge in [-0.3, -0.25) is 4.79 Å². The molecule has 0 radical (unpaired) electrons. The minimum absolute atomic E-state index is 0.253. The van der Waals surface area contributed by atoms with Gasteiger partial charge < -0.3 is 10.1 Å². The van der Waals surface area contributed by atoms with Crippen LogP contribution in [0.4, 0.5) is 0 Å². The fourth-order valence-corrected chi connectivity index (χ4v) is 1.50. The lowest BCUT2D eigenvalue weighted by molar-refractivity contribution is -0.115. The summed E-state index contributed by atoms with van der Waals surface area (Å²) < 4.78 is 5.22. The van der Waals surface area contributed by atoms with Gasteiger partial charge in [-0.25, -0.2) is 0 Å². The Labute approximate surface area is 85.5 Å². The molecule has 14 heavy (non-hydrogen) atoms. The first kappa shape index (κ1) is 11.2. The Morgan fingerprint density at radius 3 is 3.07 bits per heavy atom. The van der Waals surface area contributed by atoms with Crippen molar-refractivity contribution >= 4 is 5.78 Å². The number of carbonyl (C=O) groups is 1. The summed E-state index contributed by atoms with van der Waals surface area (Å²) >= 11 is 0. The third kappa shape index (κ3) is 4.42. The molecule has 0 unspecified atom stereocenters. The van der Waals surface area contributed by atoms with Gasteiger partial charge in [0.15, 0.2) is 5.78 Å². The minimum Gasteiger partial charge on any atom is -0.388 e. The van der Waals surface area contributed by atoms with Gasteiger partial charge in [-0.2, -0.15) is 0 Å². The number of hydrogen-bond donors (Lipinski definition) is 1. The molecule has 1 N–H and O–H groups in total. The Kier molecular flexibility index (Phi) is 5.30. The van der Waals surface area contributed by atoms with Crippen LogP contribution in [0.25, 0.3) is 0 Å². The summed E-state index contributed by atoms with van der Waals surface area (Å²) in [6.07, 6.45) is 5.46. The molecule has 0 fully saturated rings. The van der Waals surface area contributed by atoms with Crippen molar-refractivity contribution < 1.29 is 9.53 Å². The molecule has 0 spiro atoms. The average molecular weight is 197 g/mol. The van der Waals surface area contributed by atoms with Gasteiger partial charge in [0.2, 0.25) is 0 Å². The predicted molar refractivity (Wildman–Crippen MR) is 56.1 cm³/mol. The number of allylic oxidation sites excluding steroid dienone is 2. The summed E-state index contributed by atoms with van der Waals surface area (Å²) in [5.41, 5.74) is 1.10. The van der Waals surface area contributed by atoms with E-state index in [0.717, 1.165) is 44.7 Å². The standard InChI is InChI=1S/C11H19NO2/c1-2-14-8-4-7-12-10-5-3-6-11(13)9-10/h9,12H,2-8H2,1H3. The lowest BCUT2D eigenvalue weighted by Gasteiger charge is -2.14. The molecule has 0 saturated carbocycles. The highest BCUT2D eigenvalue weighted by Crippen LogP contribution is 2.12. The Balaban J connectivity index is 2.08. The first-order chi connectivity index (χ1) is 6.83. The number of carbonyl (C=O) groups excluding carboxylic acids is 1. The van der Waals surface area contributed by atoms with Crippen molar-refractivity contribution in [2.45, 2.75) is 32.6 Å². The van der Waals surface area contributed by atoms with Crippen LogP contribution in [0.1, 0.15) is 32.6 Å². The molecular formula is C11H19NO2. The van der Waals surface area contributed by atoms with Gasteiger partial charge in [-0.15, -0.1) is 0 Å². The third-order valence-electron chi connectivity index (χ3n) is 2.23. The second-order valence-corrected chi connectivity index (χ2v) is 3.47. The average Bonchev–Trinajstić information content (AvgIpc) is 2.18. The Bertz CT molecular complexity index is 211. The third-order valence-corrected chi connectivity index (χ3v) is 2.23. The molecule has 0 aliphatic heterocycles. The van der Waals surface area contributed by atoms with E-state index in [4.69, 9.17) is 4.74 Å². The van der Waals surface area contributed by atoms with E-state index in [9.17, 15) is 4.79 Å². The summed E-state index contributed by atoms with van der Waals surface area (Å²) in [5.74, 6) is 0.253. The fourth-order valence-electron chi connectivity index (χ4n) is 1.50. The van der Waals surface area contributed by atoms with Crippen LogP contribution in [0.15, 0.2) is 11.8 Å². The Hall–Kier alpha value is -0.830. The maximum atomic E-state index is 11.1. The van der Waals surface area contributed by atoms with Gasteiger partial charge in [-0.1, -0.05) is 0 Å². The van der Waals surface area contributed by atoms with Gasteiger partial charge in [0.05, 0.1) is 0 Å².